The summed E-state index contributed by atoms with van der Waals surface area (Å²) in [5.41, 5.74) is 2.11. The number of rotatable bonds is 10. The summed E-state index contributed by atoms with van der Waals surface area (Å²) in [4.78, 5) is 14.0. The van der Waals surface area contributed by atoms with Crippen LogP contribution in [-0.2, 0) is 9.53 Å². The molecule has 7 aliphatic rings. The first-order valence-corrected chi connectivity index (χ1v) is 21.1. The van der Waals surface area contributed by atoms with Gasteiger partial charge in [-0.15, -0.1) is 0 Å². The van der Waals surface area contributed by atoms with Gasteiger partial charge in [0.25, 0.3) is 0 Å². The quantitative estimate of drug-likeness (QED) is 0.148. The maximum atomic E-state index is 14.0. The molecule has 8 nitrogen and oxygen atoms in total. The fourth-order valence-electron chi connectivity index (χ4n) is 13.5. The summed E-state index contributed by atoms with van der Waals surface area (Å²) < 4.78 is 6.38. The van der Waals surface area contributed by atoms with E-state index in [4.69, 9.17) is 10.5 Å². The molecule has 0 radical (unpaired) electrons. The molecule has 290 valence electrons. The van der Waals surface area contributed by atoms with Crippen molar-refractivity contribution in [2.75, 3.05) is 6.54 Å². The Morgan fingerprint density at radius 1 is 0.922 bits per heavy atom. The van der Waals surface area contributed by atoms with Crippen LogP contribution >= 0.6 is 0 Å². The predicted octanol–water partition coefficient (Wildman–Crippen LogP) is 6.17. The smallest absolute Gasteiger partial charge is 0.159 e. The molecule has 0 aromatic heterocycles. The average molecular weight is 713 g/mol. The molecule has 7 rings (SSSR count). The first kappa shape index (κ1) is 38.4. The SMILES string of the molecule is CC(C)(CCC1CCNC(N)C1)[C@@](C)(O)[C@H]1O[C@H]1[C@](C)(O)[C@H]1CC[C@@]2(O)C3=CC(=O)[C@@H]4C[C@@H](O)CC[C@]4(C)[C@H]3[C@H](CCC3CCCCC3)C[C@@]12C. The summed E-state index contributed by atoms with van der Waals surface area (Å²) in [6, 6.07) is 0. The van der Waals surface area contributed by atoms with E-state index in [9.17, 15) is 25.2 Å². The number of nitrogens with one attached hydrogen (secondary N) is 1. The number of epoxide rings is 1. The van der Waals surface area contributed by atoms with E-state index in [1.807, 2.05) is 19.9 Å². The molecule has 51 heavy (non-hydrogen) atoms. The van der Waals surface area contributed by atoms with Crippen molar-refractivity contribution in [2.24, 2.45) is 57.5 Å². The van der Waals surface area contributed by atoms with Crippen LogP contribution in [0.15, 0.2) is 11.6 Å². The van der Waals surface area contributed by atoms with Gasteiger partial charge in [-0.1, -0.05) is 66.2 Å². The Balaban J connectivity index is 1.15. The van der Waals surface area contributed by atoms with Crippen molar-refractivity contribution >= 4 is 5.78 Å². The zero-order chi connectivity index (χ0) is 36.8. The van der Waals surface area contributed by atoms with E-state index in [2.05, 4.69) is 33.0 Å². The molecule has 8 heteroatoms. The number of fused-ring (bicyclic) bond motifs is 5. The Morgan fingerprint density at radius 3 is 2.35 bits per heavy atom. The van der Waals surface area contributed by atoms with Crippen LogP contribution in [0.3, 0.4) is 0 Å². The van der Waals surface area contributed by atoms with E-state index < -0.39 is 45.9 Å². The van der Waals surface area contributed by atoms with Crippen molar-refractivity contribution in [3.63, 3.8) is 0 Å². The molecule has 0 aromatic rings. The van der Waals surface area contributed by atoms with Gasteiger partial charge in [0.05, 0.1) is 29.1 Å². The van der Waals surface area contributed by atoms with Gasteiger partial charge in [-0.05, 0) is 143 Å². The zero-order valence-corrected chi connectivity index (χ0v) is 32.8. The molecule has 6 fully saturated rings. The third-order valence-electron chi connectivity index (χ3n) is 17.2. The van der Waals surface area contributed by atoms with Gasteiger partial charge in [0.2, 0.25) is 0 Å². The predicted molar refractivity (Wildman–Crippen MR) is 199 cm³/mol. The molecule has 2 unspecified atom stereocenters. The molecule has 2 heterocycles. The van der Waals surface area contributed by atoms with Gasteiger partial charge in [-0.25, -0.2) is 0 Å². The van der Waals surface area contributed by atoms with Crippen molar-refractivity contribution in [3.8, 4) is 0 Å². The second kappa shape index (κ2) is 13.4. The third-order valence-corrected chi connectivity index (χ3v) is 17.2. The lowest BCUT2D eigenvalue weighted by atomic mass is 9.42. The number of piperidine rings is 1. The molecule has 4 saturated carbocycles. The van der Waals surface area contributed by atoms with Crippen molar-refractivity contribution in [1.82, 2.24) is 5.32 Å². The highest BCUT2D eigenvalue weighted by molar-refractivity contribution is 5.95. The van der Waals surface area contributed by atoms with E-state index in [1.54, 1.807) is 0 Å². The Labute approximate surface area is 308 Å². The number of allylic oxidation sites excluding steroid dienone is 1. The number of carbonyl (C=O) groups excluding carboxylic acids is 1. The highest BCUT2D eigenvalue weighted by Crippen LogP contribution is 2.71. The Hall–Kier alpha value is -0.870. The molecule has 7 N–H and O–H groups in total. The van der Waals surface area contributed by atoms with Gasteiger partial charge in [0, 0.05) is 11.3 Å². The van der Waals surface area contributed by atoms with Crippen LogP contribution < -0.4 is 11.1 Å². The molecule has 0 amide bonds. The minimum atomic E-state index is -1.27. The lowest BCUT2D eigenvalue weighted by molar-refractivity contribution is -0.166. The molecular weight excluding hydrogens is 640 g/mol. The van der Waals surface area contributed by atoms with Gasteiger partial charge in [-0.2, -0.15) is 0 Å². The zero-order valence-electron chi connectivity index (χ0n) is 32.8. The Morgan fingerprint density at radius 2 is 1.65 bits per heavy atom. The largest absolute Gasteiger partial charge is 0.393 e. The normalized spacial score (nSPS) is 47.0. The molecule has 0 spiro atoms. The summed E-state index contributed by atoms with van der Waals surface area (Å²) in [7, 11) is 0. The molecular formula is C43H72N2O6. The second-order valence-corrected chi connectivity index (χ2v) is 20.6. The van der Waals surface area contributed by atoms with Crippen molar-refractivity contribution in [3.05, 3.63) is 11.6 Å². The molecule has 14 atom stereocenters. The van der Waals surface area contributed by atoms with E-state index in [1.165, 1.54) is 38.5 Å². The average Bonchev–Trinajstić information content (AvgIpc) is 3.85. The van der Waals surface area contributed by atoms with Gasteiger partial charge in [0.15, 0.2) is 5.78 Å². The highest BCUT2D eigenvalue weighted by Gasteiger charge is 2.74. The minimum Gasteiger partial charge on any atom is -0.393 e. The van der Waals surface area contributed by atoms with Gasteiger partial charge < -0.3 is 36.2 Å². The lowest BCUT2D eigenvalue weighted by Crippen LogP contribution is -2.64. The van der Waals surface area contributed by atoms with Crippen molar-refractivity contribution < 1.29 is 30.0 Å². The molecule has 5 aliphatic carbocycles. The second-order valence-electron chi connectivity index (χ2n) is 20.6. The number of ketones is 1. The van der Waals surface area contributed by atoms with Crippen LogP contribution in [-0.4, -0.2) is 74.0 Å². The summed E-state index contributed by atoms with van der Waals surface area (Å²) in [6.07, 6.45) is 17.0. The standard InChI is InChI=1S/C43H72N2O6/c1-38(2,18-14-27-17-21-45-34(44)22-27)42(6,49)37-36(51-37)41(5,48)33-16-20-43(50)31-24-32(47)30-23-29(46)15-19-39(30,3)35(31)28(25-40(33,43)4)13-12-26-10-8-7-9-11-26/h24,26-30,33-37,45-46,48-50H,7-23,25,44H2,1-6H3/t27?,28-,29+,30+,33+,34?,35+,36-,37+,39+,40+,41-,42+,43-/m1/s1. The fraction of sp³-hybridized carbons (Fsp3) is 0.930. The Bertz CT molecular complexity index is 1340. The van der Waals surface area contributed by atoms with E-state index >= 15 is 0 Å². The van der Waals surface area contributed by atoms with Crippen LogP contribution in [0, 0.1) is 51.8 Å². The van der Waals surface area contributed by atoms with Gasteiger partial charge >= 0.3 is 0 Å². The number of carbonyl (C=O) groups is 1. The third kappa shape index (κ3) is 6.35. The monoisotopic (exact) mass is 713 g/mol. The maximum Gasteiger partial charge on any atom is 0.159 e. The number of ether oxygens (including phenoxy) is 1. The topological polar surface area (TPSA) is 149 Å². The number of nitrogens with two attached hydrogens (primary N) is 1. The number of hydrogen-bond donors (Lipinski definition) is 6. The van der Waals surface area contributed by atoms with Gasteiger partial charge in [0.1, 0.15) is 12.2 Å². The van der Waals surface area contributed by atoms with Crippen LogP contribution in [0.2, 0.25) is 0 Å². The van der Waals surface area contributed by atoms with Crippen LogP contribution in [0.1, 0.15) is 151 Å². The highest BCUT2D eigenvalue weighted by atomic mass is 16.6. The van der Waals surface area contributed by atoms with Gasteiger partial charge in [-0.3, -0.25) is 4.79 Å². The molecule has 2 aliphatic heterocycles. The summed E-state index contributed by atoms with van der Waals surface area (Å²) in [5, 5.41) is 52.0. The molecule has 0 aromatic carbocycles. The first-order chi connectivity index (χ1) is 23.8. The first-order valence-electron chi connectivity index (χ1n) is 21.1. The van der Waals surface area contributed by atoms with Crippen molar-refractivity contribution in [1.29, 1.82) is 0 Å². The van der Waals surface area contributed by atoms with Crippen LogP contribution in [0.5, 0.6) is 0 Å². The van der Waals surface area contributed by atoms with E-state index in [0.717, 1.165) is 63.0 Å². The fourth-order valence-corrected chi connectivity index (χ4v) is 13.5. The number of hydrogen-bond acceptors (Lipinski definition) is 8. The summed E-state index contributed by atoms with van der Waals surface area (Å²) in [5.74, 6) is 1.26. The number of aliphatic hydroxyl groups is 4. The lowest BCUT2D eigenvalue weighted by Gasteiger charge is -2.63. The van der Waals surface area contributed by atoms with Crippen LogP contribution in [0.25, 0.3) is 0 Å². The number of aliphatic hydroxyl groups excluding tert-OH is 1. The molecule has 0 bridgehead atoms. The van der Waals surface area contributed by atoms with Crippen molar-refractivity contribution in [2.45, 2.75) is 192 Å². The van der Waals surface area contributed by atoms with E-state index in [0.29, 0.717) is 31.6 Å². The molecule has 2 saturated heterocycles. The Kier molecular flexibility index (Phi) is 10.1. The van der Waals surface area contributed by atoms with E-state index in [-0.39, 0.29) is 41.0 Å². The van der Waals surface area contributed by atoms with Crippen LogP contribution in [0.4, 0.5) is 0 Å². The summed E-state index contributed by atoms with van der Waals surface area (Å²) in [6.45, 7) is 13.4. The minimum absolute atomic E-state index is 0.0364. The maximum absolute atomic E-state index is 14.0. The summed E-state index contributed by atoms with van der Waals surface area (Å²) >= 11 is 0.